The molecule has 0 unspecified atom stereocenters. The van der Waals surface area contributed by atoms with Gasteiger partial charge in [-0.2, -0.15) is 0 Å². The van der Waals surface area contributed by atoms with Crippen LogP contribution in [0.4, 0.5) is 5.69 Å². The minimum absolute atomic E-state index is 0.242. The maximum Gasteiger partial charge on any atom is 0.261 e. The van der Waals surface area contributed by atoms with E-state index in [2.05, 4.69) is 28.8 Å². The third-order valence-corrected chi connectivity index (χ3v) is 5.48. The molecule has 0 fully saturated rings. The van der Waals surface area contributed by atoms with Gasteiger partial charge in [-0.3, -0.25) is 4.72 Å². The van der Waals surface area contributed by atoms with Crippen molar-refractivity contribution in [2.24, 2.45) is 5.92 Å². The quantitative estimate of drug-likeness (QED) is 0.615. The Bertz CT molecular complexity index is 1070. The molecule has 2 aromatic carbocycles. The Hall–Kier alpha value is -2.93. The van der Waals surface area contributed by atoms with E-state index in [1.807, 2.05) is 26.0 Å². The van der Waals surface area contributed by atoms with Gasteiger partial charge in [0.2, 0.25) is 5.88 Å². The molecule has 7 heteroatoms. The molecule has 1 N–H and O–H groups in total. The molecule has 0 spiro atoms. The lowest BCUT2D eigenvalue weighted by atomic mass is 10.1. The smallest absolute Gasteiger partial charge is 0.261 e. The van der Waals surface area contributed by atoms with E-state index in [1.165, 1.54) is 0 Å². The van der Waals surface area contributed by atoms with Crippen molar-refractivity contribution < 1.29 is 13.2 Å². The maximum absolute atomic E-state index is 12.8. The third-order valence-electron chi connectivity index (χ3n) is 4.12. The predicted octanol–water partition coefficient (Wildman–Crippen LogP) is 4.60. The minimum Gasteiger partial charge on any atom is -0.476 e. The van der Waals surface area contributed by atoms with Gasteiger partial charge in [-0.25, -0.2) is 8.42 Å². The lowest BCUT2D eigenvalue weighted by Crippen LogP contribution is -2.13. The van der Waals surface area contributed by atoms with Crippen LogP contribution in [0.25, 0.3) is 11.3 Å². The maximum atomic E-state index is 12.8. The molecule has 0 aliphatic heterocycles. The number of hydrogen-bond donors (Lipinski definition) is 1. The van der Waals surface area contributed by atoms with Gasteiger partial charge in [0.05, 0.1) is 17.2 Å². The lowest BCUT2D eigenvalue weighted by molar-refractivity contribution is 0.258. The SMILES string of the molecule is Cc1cc(C)cc(S(=O)(=O)Nc2cccc(-c3ccc(OCC(C)C)nn3)c2)c1. The van der Waals surface area contributed by atoms with Gasteiger partial charge in [-0.05, 0) is 61.2 Å². The molecule has 3 aromatic rings. The molecule has 0 amide bonds. The summed E-state index contributed by atoms with van der Waals surface area (Å²) in [5, 5.41) is 8.28. The first-order valence-electron chi connectivity index (χ1n) is 9.41. The molecule has 1 aromatic heterocycles. The Kier molecular flexibility index (Phi) is 6.17. The van der Waals surface area contributed by atoms with E-state index >= 15 is 0 Å². The van der Waals surface area contributed by atoms with Crippen LogP contribution in [0, 0.1) is 19.8 Å². The summed E-state index contributed by atoms with van der Waals surface area (Å²) >= 11 is 0. The Labute approximate surface area is 172 Å². The van der Waals surface area contributed by atoms with Crippen molar-refractivity contribution in [1.82, 2.24) is 10.2 Å². The molecule has 0 radical (unpaired) electrons. The van der Waals surface area contributed by atoms with Gasteiger partial charge in [-0.15, -0.1) is 10.2 Å². The number of aromatic nitrogens is 2. The molecule has 0 atom stereocenters. The molecule has 0 bridgehead atoms. The van der Waals surface area contributed by atoms with Gasteiger partial charge in [-0.1, -0.05) is 32.0 Å². The number of nitrogens with one attached hydrogen (secondary N) is 1. The van der Waals surface area contributed by atoms with Crippen LogP contribution in [-0.2, 0) is 10.0 Å². The van der Waals surface area contributed by atoms with E-state index < -0.39 is 10.0 Å². The first kappa shape index (κ1) is 20.8. The average molecular weight is 412 g/mol. The standard InChI is InChI=1S/C22H25N3O3S/c1-15(2)14-28-22-9-8-21(23-24-22)18-6-5-7-19(13-18)25-29(26,27)20-11-16(3)10-17(4)12-20/h5-13,15,25H,14H2,1-4H3. The van der Waals surface area contributed by atoms with Gasteiger partial charge in [0, 0.05) is 17.3 Å². The van der Waals surface area contributed by atoms with Crippen LogP contribution < -0.4 is 9.46 Å². The van der Waals surface area contributed by atoms with Gasteiger partial charge in [0.25, 0.3) is 10.0 Å². The van der Waals surface area contributed by atoms with Crippen molar-refractivity contribution in [2.75, 3.05) is 11.3 Å². The van der Waals surface area contributed by atoms with Crippen LogP contribution in [0.3, 0.4) is 0 Å². The molecule has 0 saturated carbocycles. The van der Waals surface area contributed by atoms with Crippen molar-refractivity contribution >= 4 is 15.7 Å². The molecule has 0 saturated heterocycles. The summed E-state index contributed by atoms with van der Waals surface area (Å²) in [6.45, 7) is 8.45. The second-order valence-electron chi connectivity index (χ2n) is 7.47. The summed E-state index contributed by atoms with van der Waals surface area (Å²) in [6.07, 6.45) is 0. The number of anilines is 1. The Morgan fingerprint density at radius 2 is 1.69 bits per heavy atom. The summed E-state index contributed by atoms with van der Waals surface area (Å²) in [7, 11) is -3.69. The van der Waals surface area contributed by atoms with Crippen LogP contribution in [0.15, 0.2) is 59.5 Å². The van der Waals surface area contributed by atoms with Crippen molar-refractivity contribution in [2.45, 2.75) is 32.6 Å². The second kappa shape index (κ2) is 8.61. The number of sulfonamides is 1. The van der Waals surface area contributed by atoms with E-state index in [-0.39, 0.29) is 4.90 Å². The number of rotatable bonds is 7. The number of aryl methyl sites for hydroxylation is 2. The molecular weight excluding hydrogens is 386 g/mol. The molecular formula is C22H25N3O3S. The zero-order valence-corrected chi connectivity index (χ0v) is 17.8. The van der Waals surface area contributed by atoms with Crippen molar-refractivity contribution in [1.29, 1.82) is 0 Å². The van der Waals surface area contributed by atoms with Crippen LogP contribution >= 0.6 is 0 Å². The van der Waals surface area contributed by atoms with Crippen molar-refractivity contribution in [3.05, 3.63) is 65.7 Å². The van der Waals surface area contributed by atoms with E-state index in [1.54, 1.807) is 42.5 Å². The molecule has 6 nitrogen and oxygen atoms in total. The van der Waals surface area contributed by atoms with Gasteiger partial charge >= 0.3 is 0 Å². The topological polar surface area (TPSA) is 81.2 Å². The summed E-state index contributed by atoms with van der Waals surface area (Å²) in [5.41, 5.74) is 3.65. The number of benzene rings is 2. The number of ether oxygens (including phenoxy) is 1. The van der Waals surface area contributed by atoms with E-state index in [0.29, 0.717) is 29.8 Å². The van der Waals surface area contributed by atoms with Crippen LogP contribution in [0.5, 0.6) is 5.88 Å². The second-order valence-corrected chi connectivity index (χ2v) is 9.15. The molecule has 0 aliphatic carbocycles. The van der Waals surface area contributed by atoms with Gasteiger partial charge in [0.1, 0.15) is 0 Å². The summed E-state index contributed by atoms with van der Waals surface area (Å²) in [5.74, 6) is 0.868. The van der Waals surface area contributed by atoms with Crippen LogP contribution in [0.1, 0.15) is 25.0 Å². The van der Waals surface area contributed by atoms with Crippen molar-refractivity contribution in [3.8, 4) is 17.1 Å². The van der Waals surface area contributed by atoms with Gasteiger partial charge < -0.3 is 4.74 Å². The third kappa shape index (κ3) is 5.54. The summed E-state index contributed by atoms with van der Waals surface area (Å²) in [6, 6.07) is 15.9. The molecule has 3 rings (SSSR count). The highest BCUT2D eigenvalue weighted by Gasteiger charge is 2.15. The fraction of sp³-hybridized carbons (Fsp3) is 0.273. The Morgan fingerprint density at radius 3 is 2.31 bits per heavy atom. The van der Waals surface area contributed by atoms with E-state index in [4.69, 9.17) is 4.74 Å². The fourth-order valence-electron chi connectivity index (χ4n) is 2.85. The predicted molar refractivity (Wildman–Crippen MR) is 115 cm³/mol. The minimum atomic E-state index is -3.69. The monoisotopic (exact) mass is 411 g/mol. The summed E-state index contributed by atoms with van der Waals surface area (Å²) < 4.78 is 33.7. The average Bonchev–Trinajstić information content (AvgIpc) is 2.66. The van der Waals surface area contributed by atoms with Crippen LogP contribution in [-0.4, -0.2) is 25.2 Å². The zero-order chi connectivity index (χ0) is 21.0. The zero-order valence-electron chi connectivity index (χ0n) is 17.0. The van der Waals surface area contributed by atoms with E-state index in [0.717, 1.165) is 16.7 Å². The molecule has 1 heterocycles. The number of nitrogens with zero attached hydrogens (tertiary/aromatic N) is 2. The van der Waals surface area contributed by atoms with E-state index in [9.17, 15) is 8.42 Å². The molecule has 0 aliphatic rings. The van der Waals surface area contributed by atoms with Crippen LogP contribution in [0.2, 0.25) is 0 Å². The Balaban J connectivity index is 1.80. The largest absolute Gasteiger partial charge is 0.476 e. The lowest BCUT2D eigenvalue weighted by Gasteiger charge is -2.11. The highest BCUT2D eigenvalue weighted by atomic mass is 32.2. The molecule has 29 heavy (non-hydrogen) atoms. The number of hydrogen-bond acceptors (Lipinski definition) is 5. The Morgan fingerprint density at radius 1 is 0.966 bits per heavy atom. The van der Waals surface area contributed by atoms with Crippen molar-refractivity contribution in [3.63, 3.8) is 0 Å². The summed E-state index contributed by atoms with van der Waals surface area (Å²) in [4.78, 5) is 0.242. The molecule has 152 valence electrons. The highest BCUT2D eigenvalue weighted by Crippen LogP contribution is 2.24. The normalized spacial score (nSPS) is 11.5. The fourth-order valence-corrected chi connectivity index (χ4v) is 4.08. The first-order chi connectivity index (χ1) is 13.7. The first-order valence-corrected chi connectivity index (χ1v) is 10.9. The van der Waals surface area contributed by atoms with Gasteiger partial charge in [0.15, 0.2) is 0 Å². The highest BCUT2D eigenvalue weighted by molar-refractivity contribution is 7.92.